The van der Waals surface area contributed by atoms with Gasteiger partial charge < -0.3 is 10.4 Å². The van der Waals surface area contributed by atoms with Crippen molar-refractivity contribution in [3.63, 3.8) is 0 Å². The molecule has 2 aromatic rings. The zero-order valence-corrected chi connectivity index (χ0v) is 12.7. The number of aromatic hydroxyl groups is 1. The van der Waals surface area contributed by atoms with Gasteiger partial charge in [0.15, 0.2) is 5.17 Å². The van der Waals surface area contributed by atoms with Gasteiger partial charge in [-0.2, -0.15) is 5.26 Å². The van der Waals surface area contributed by atoms with Crippen molar-refractivity contribution in [2.45, 2.75) is 0 Å². The molecule has 3 rings (SSSR count). The van der Waals surface area contributed by atoms with E-state index in [1.165, 1.54) is 17.8 Å². The molecule has 1 amide bonds. The predicted molar refractivity (Wildman–Crippen MR) is 90.1 cm³/mol. The molecule has 1 aliphatic heterocycles. The Morgan fingerprint density at radius 1 is 1.22 bits per heavy atom. The highest BCUT2D eigenvalue weighted by Gasteiger charge is 2.23. The highest BCUT2D eigenvalue weighted by molar-refractivity contribution is 8.18. The molecule has 1 heterocycles. The number of hydrogen-bond donors (Lipinski definition) is 2. The number of aliphatic imine (C=N–C) groups is 1. The summed E-state index contributed by atoms with van der Waals surface area (Å²) in [7, 11) is 0. The third-order valence-electron chi connectivity index (χ3n) is 3.05. The van der Waals surface area contributed by atoms with E-state index in [0.29, 0.717) is 21.3 Å². The molecule has 6 heteroatoms. The van der Waals surface area contributed by atoms with Crippen molar-refractivity contribution in [2.24, 2.45) is 4.99 Å². The van der Waals surface area contributed by atoms with E-state index in [-0.39, 0.29) is 11.7 Å². The van der Waals surface area contributed by atoms with Crippen LogP contribution in [0.25, 0.3) is 6.08 Å². The van der Waals surface area contributed by atoms with E-state index in [4.69, 9.17) is 5.26 Å². The average Bonchev–Trinajstić information content (AvgIpc) is 2.87. The van der Waals surface area contributed by atoms with E-state index < -0.39 is 0 Å². The standard InChI is InChI=1S/C17H11N3O2S/c18-10-12-6-4-11(5-7-12)8-15-16(22)20-17(23-15)19-13-2-1-3-14(21)9-13/h1-9,21H,(H,19,20,22)/b15-8-. The fourth-order valence-corrected chi connectivity index (χ4v) is 2.81. The maximum atomic E-state index is 12.0. The van der Waals surface area contributed by atoms with Crippen LogP contribution in [0.4, 0.5) is 5.69 Å². The summed E-state index contributed by atoms with van der Waals surface area (Å²) < 4.78 is 0. The first kappa shape index (κ1) is 14.9. The Morgan fingerprint density at radius 2 is 2.00 bits per heavy atom. The van der Waals surface area contributed by atoms with Gasteiger partial charge >= 0.3 is 0 Å². The largest absolute Gasteiger partial charge is 0.508 e. The zero-order valence-electron chi connectivity index (χ0n) is 11.9. The molecule has 0 radical (unpaired) electrons. The van der Waals surface area contributed by atoms with Crippen LogP contribution in [-0.2, 0) is 4.79 Å². The van der Waals surface area contributed by atoms with Gasteiger partial charge in [-0.3, -0.25) is 4.79 Å². The van der Waals surface area contributed by atoms with E-state index >= 15 is 0 Å². The third kappa shape index (κ3) is 3.59. The minimum atomic E-state index is -0.224. The molecule has 1 fully saturated rings. The number of nitrogens with zero attached hydrogens (tertiary/aromatic N) is 2. The van der Waals surface area contributed by atoms with Crippen LogP contribution >= 0.6 is 11.8 Å². The number of nitriles is 1. The maximum absolute atomic E-state index is 12.0. The number of thioether (sulfide) groups is 1. The molecule has 2 N–H and O–H groups in total. The molecule has 23 heavy (non-hydrogen) atoms. The van der Waals surface area contributed by atoms with E-state index in [9.17, 15) is 9.90 Å². The Morgan fingerprint density at radius 3 is 2.70 bits per heavy atom. The molecule has 5 nitrogen and oxygen atoms in total. The Bertz CT molecular complexity index is 864. The minimum Gasteiger partial charge on any atom is -0.508 e. The van der Waals surface area contributed by atoms with Crippen molar-refractivity contribution >= 4 is 34.6 Å². The van der Waals surface area contributed by atoms with Crippen LogP contribution in [0.2, 0.25) is 0 Å². The fraction of sp³-hybridized carbons (Fsp3) is 0. The van der Waals surface area contributed by atoms with Crippen LogP contribution in [0, 0.1) is 11.3 Å². The fourth-order valence-electron chi connectivity index (χ4n) is 1.97. The third-order valence-corrected chi connectivity index (χ3v) is 3.96. The van der Waals surface area contributed by atoms with Gasteiger partial charge in [-0.15, -0.1) is 0 Å². The van der Waals surface area contributed by atoms with Crippen LogP contribution in [-0.4, -0.2) is 16.2 Å². The van der Waals surface area contributed by atoms with Crippen LogP contribution < -0.4 is 5.32 Å². The molecule has 112 valence electrons. The predicted octanol–water partition coefficient (Wildman–Crippen LogP) is 3.16. The number of nitrogens with one attached hydrogen (secondary N) is 1. The number of phenols is 1. The highest BCUT2D eigenvalue weighted by atomic mass is 32.2. The van der Waals surface area contributed by atoms with Crippen molar-refractivity contribution in [1.29, 1.82) is 5.26 Å². The number of hydrogen-bond acceptors (Lipinski definition) is 5. The second-order valence-electron chi connectivity index (χ2n) is 4.74. The molecule has 0 saturated carbocycles. The van der Waals surface area contributed by atoms with Crippen molar-refractivity contribution in [2.75, 3.05) is 0 Å². The van der Waals surface area contributed by atoms with E-state index in [0.717, 1.165) is 5.56 Å². The van der Waals surface area contributed by atoms with Crippen LogP contribution in [0.15, 0.2) is 58.4 Å². The second-order valence-corrected chi connectivity index (χ2v) is 5.77. The van der Waals surface area contributed by atoms with Gasteiger partial charge in [0.2, 0.25) is 0 Å². The molecule has 0 aromatic heterocycles. The second kappa shape index (κ2) is 6.38. The van der Waals surface area contributed by atoms with Gasteiger partial charge in [0.1, 0.15) is 5.75 Å². The lowest BCUT2D eigenvalue weighted by atomic mass is 10.1. The van der Waals surface area contributed by atoms with E-state index in [1.807, 2.05) is 0 Å². The van der Waals surface area contributed by atoms with Gasteiger partial charge in [0.05, 0.1) is 22.2 Å². The van der Waals surface area contributed by atoms with Crippen molar-refractivity contribution < 1.29 is 9.90 Å². The van der Waals surface area contributed by atoms with E-state index in [2.05, 4.69) is 16.4 Å². The lowest BCUT2D eigenvalue weighted by Gasteiger charge is -1.97. The molecule has 0 bridgehead atoms. The molecule has 1 saturated heterocycles. The first-order valence-electron chi connectivity index (χ1n) is 6.73. The normalized spacial score (nSPS) is 17.3. The van der Waals surface area contributed by atoms with Gasteiger partial charge in [0.25, 0.3) is 5.91 Å². The lowest BCUT2D eigenvalue weighted by molar-refractivity contribution is -0.115. The molecule has 0 spiro atoms. The van der Waals surface area contributed by atoms with Crippen LogP contribution in [0.3, 0.4) is 0 Å². The highest BCUT2D eigenvalue weighted by Crippen LogP contribution is 2.28. The Labute approximate surface area is 137 Å². The number of carbonyl (C=O) groups is 1. The molecule has 1 aliphatic rings. The minimum absolute atomic E-state index is 0.120. The first-order chi connectivity index (χ1) is 11.1. The summed E-state index contributed by atoms with van der Waals surface area (Å²) >= 11 is 1.23. The summed E-state index contributed by atoms with van der Waals surface area (Å²) in [6, 6.07) is 15.5. The number of amides is 1. The Hall–Kier alpha value is -3.04. The number of carbonyl (C=O) groups excluding carboxylic acids is 1. The molecular weight excluding hydrogens is 310 g/mol. The summed E-state index contributed by atoms with van der Waals surface area (Å²) in [4.78, 5) is 16.8. The van der Waals surface area contributed by atoms with Crippen LogP contribution in [0.1, 0.15) is 11.1 Å². The van der Waals surface area contributed by atoms with Crippen molar-refractivity contribution in [3.8, 4) is 11.8 Å². The summed E-state index contributed by atoms with van der Waals surface area (Å²) in [6.07, 6.45) is 1.74. The topological polar surface area (TPSA) is 85.5 Å². The first-order valence-corrected chi connectivity index (χ1v) is 7.54. The average molecular weight is 321 g/mol. The molecule has 0 atom stereocenters. The molecule has 0 aliphatic carbocycles. The van der Waals surface area contributed by atoms with E-state index in [1.54, 1.807) is 48.5 Å². The SMILES string of the molecule is N#Cc1ccc(/C=C2\SC(=Nc3cccc(O)c3)NC2=O)cc1. The van der Waals surface area contributed by atoms with Gasteiger partial charge in [-0.05, 0) is 47.7 Å². The molecular formula is C17H11N3O2S. The van der Waals surface area contributed by atoms with Crippen molar-refractivity contribution in [3.05, 3.63) is 64.6 Å². The van der Waals surface area contributed by atoms with Gasteiger partial charge in [0, 0.05) is 6.07 Å². The number of benzene rings is 2. The number of phenolic OH excluding ortho intramolecular Hbond substituents is 1. The number of rotatable bonds is 2. The summed E-state index contributed by atoms with van der Waals surface area (Å²) in [5, 5.41) is 21.4. The van der Waals surface area contributed by atoms with Gasteiger partial charge in [-0.1, -0.05) is 18.2 Å². The number of amidine groups is 1. The lowest BCUT2D eigenvalue weighted by Crippen LogP contribution is -2.19. The van der Waals surface area contributed by atoms with Gasteiger partial charge in [-0.25, -0.2) is 4.99 Å². The zero-order chi connectivity index (χ0) is 16.2. The maximum Gasteiger partial charge on any atom is 0.264 e. The summed E-state index contributed by atoms with van der Waals surface area (Å²) in [6.45, 7) is 0. The smallest absolute Gasteiger partial charge is 0.264 e. The Balaban J connectivity index is 1.81. The molecule has 2 aromatic carbocycles. The summed E-state index contributed by atoms with van der Waals surface area (Å²) in [5.41, 5.74) is 1.97. The summed E-state index contributed by atoms with van der Waals surface area (Å²) in [5.74, 6) is -0.104. The quantitative estimate of drug-likeness (QED) is 0.832. The van der Waals surface area contributed by atoms with Crippen molar-refractivity contribution in [1.82, 2.24) is 5.32 Å². The Kier molecular flexibility index (Phi) is 4.13. The van der Waals surface area contributed by atoms with Crippen LogP contribution in [0.5, 0.6) is 5.75 Å². The monoisotopic (exact) mass is 321 g/mol. The molecule has 0 unspecified atom stereocenters.